The molecule has 1 aromatic rings. The summed E-state index contributed by atoms with van der Waals surface area (Å²) in [4.78, 5) is 18.4. The van der Waals surface area contributed by atoms with Crippen LogP contribution in [0.1, 0.15) is 17.5 Å². The number of rotatable bonds is 6. The predicted molar refractivity (Wildman–Crippen MR) is 80.2 cm³/mol. The third kappa shape index (κ3) is 4.12. The standard InChI is InChI=1S/C13H18N2O2S2/c16-7-10-18-9-6-15-12(17)4-8-19-13(15)11-3-1-2-5-14-11/h1-3,5,13,16H,4,6-10H2. The van der Waals surface area contributed by atoms with Gasteiger partial charge in [-0.25, -0.2) is 0 Å². The number of aliphatic hydroxyl groups is 1. The molecule has 1 aliphatic heterocycles. The van der Waals surface area contributed by atoms with Crippen molar-refractivity contribution in [3.05, 3.63) is 30.1 Å². The van der Waals surface area contributed by atoms with Crippen LogP contribution in [0.15, 0.2) is 24.4 Å². The summed E-state index contributed by atoms with van der Waals surface area (Å²) in [6.45, 7) is 0.911. The van der Waals surface area contributed by atoms with Crippen LogP contribution in [0.25, 0.3) is 0 Å². The summed E-state index contributed by atoms with van der Waals surface area (Å²) < 4.78 is 0. The Morgan fingerprint density at radius 2 is 2.37 bits per heavy atom. The number of carbonyl (C=O) groups is 1. The summed E-state index contributed by atoms with van der Waals surface area (Å²) in [7, 11) is 0. The first-order chi connectivity index (χ1) is 9.33. The van der Waals surface area contributed by atoms with E-state index in [1.807, 2.05) is 23.1 Å². The summed E-state index contributed by atoms with van der Waals surface area (Å²) >= 11 is 3.45. The fourth-order valence-electron chi connectivity index (χ4n) is 1.96. The highest BCUT2D eigenvalue weighted by Gasteiger charge is 2.30. The van der Waals surface area contributed by atoms with Gasteiger partial charge in [-0.2, -0.15) is 11.8 Å². The van der Waals surface area contributed by atoms with Crippen molar-refractivity contribution in [3.8, 4) is 0 Å². The number of nitrogens with zero attached hydrogens (tertiary/aromatic N) is 2. The zero-order chi connectivity index (χ0) is 13.5. The Hall–Kier alpha value is -0.720. The average Bonchev–Trinajstić information content (AvgIpc) is 2.46. The van der Waals surface area contributed by atoms with E-state index >= 15 is 0 Å². The molecule has 0 spiro atoms. The van der Waals surface area contributed by atoms with Crippen molar-refractivity contribution in [1.29, 1.82) is 0 Å². The van der Waals surface area contributed by atoms with Crippen LogP contribution in [0, 0.1) is 0 Å². The van der Waals surface area contributed by atoms with Crippen LogP contribution < -0.4 is 0 Å². The fourth-order valence-corrected chi connectivity index (χ4v) is 3.85. The van der Waals surface area contributed by atoms with Gasteiger partial charge in [0.1, 0.15) is 5.37 Å². The number of thioether (sulfide) groups is 2. The Morgan fingerprint density at radius 1 is 1.47 bits per heavy atom. The van der Waals surface area contributed by atoms with Crippen LogP contribution >= 0.6 is 23.5 Å². The van der Waals surface area contributed by atoms with E-state index in [1.54, 1.807) is 29.7 Å². The summed E-state index contributed by atoms with van der Waals surface area (Å²) in [6, 6.07) is 5.82. The maximum Gasteiger partial charge on any atom is 0.224 e. The van der Waals surface area contributed by atoms with Crippen LogP contribution in [0.2, 0.25) is 0 Å². The molecular weight excluding hydrogens is 280 g/mol. The predicted octanol–water partition coefficient (Wildman–Crippen LogP) is 1.77. The molecule has 1 N–H and O–H groups in total. The number of hydrogen-bond acceptors (Lipinski definition) is 5. The van der Waals surface area contributed by atoms with Gasteiger partial charge in [0, 0.05) is 36.4 Å². The monoisotopic (exact) mass is 298 g/mol. The fraction of sp³-hybridized carbons (Fsp3) is 0.538. The number of aliphatic hydroxyl groups excluding tert-OH is 1. The van der Waals surface area contributed by atoms with E-state index in [-0.39, 0.29) is 17.9 Å². The molecule has 1 aromatic heterocycles. The molecule has 0 saturated carbocycles. The van der Waals surface area contributed by atoms with E-state index in [0.717, 1.165) is 29.5 Å². The molecule has 1 amide bonds. The molecule has 1 atom stereocenters. The summed E-state index contributed by atoms with van der Waals surface area (Å²) in [6.07, 6.45) is 2.38. The number of aromatic nitrogens is 1. The van der Waals surface area contributed by atoms with Crippen LogP contribution in [0.4, 0.5) is 0 Å². The minimum absolute atomic E-state index is 0.0391. The van der Waals surface area contributed by atoms with Gasteiger partial charge in [-0.05, 0) is 12.1 Å². The molecule has 0 aromatic carbocycles. The Balaban J connectivity index is 2.00. The summed E-state index contributed by atoms with van der Waals surface area (Å²) in [5, 5.41) is 8.81. The van der Waals surface area contributed by atoms with Gasteiger partial charge in [0.25, 0.3) is 0 Å². The van der Waals surface area contributed by atoms with Crippen molar-refractivity contribution in [2.45, 2.75) is 11.8 Å². The first-order valence-electron chi connectivity index (χ1n) is 6.33. The lowest BCUT2D eigenvalue weighted by molar-refractivity contribution is -0.131. The number of amides is 1. The number of carbonyl (C=O) groups excluding carboxylic acids is 1. The van der Waals surface area contributed by atoms with Gasteiger partial charge in [-0.15, -0.1) is 11.8 Å². The molecule has 6 heteroatoms. The number of hydrogen-bond donors (Lipinski definition) is 1. The zero-order valence-corrected chi connectivity index (χ0v) is 12.3. The molecule has 19 heavy (non-hydrogen) atoms. The minimum atomic E-state index is 0.0391. The first-order valence-corrected chi connectivity index (χ1v) is 8.54. The summed E-state index contributed by atoms with van der Waals surface area (Å²) in [5.41, 5.74) is 0.952. The second-order valence-corrected chi connectivity index (χ2v) is 6.56. The molecule has 1 unspecified atom stereocenters. The van der Waals surface area contributed by atoms with Gasteiger partial charge < -0.3 is 10.0 Å². The molecule has 0 bridgehead atoms. The Bertz CT molecular complexity index is 403. The molecule has 1 saturated heterocycles. The highest BCUT2D eigenvalue weighted by molar-refractivity contribution is 7.99. The van der Waals surface area contributed by atoms with Crippen molar-refractivity contribution in [2.24, 2.45) is 0 Å². The minimum Gasteiger partial charge on any atom is -0.396 e. The van der Waals surface area contributed by atoms with Gasteiger partial charge in [-0.3, -0.25) is 9.78 Å². The highest BCUT2D eigenvalue weighted by atomic mass is 32.2. The Morgan fingerprint density at radius 3 is 3.11 bits per heavy atom. The largest absolute Gasteiger partial charge is 0.396 e. The second kappa shape index (κ2) is 7.77. The van der Waals surface area contributed by atoms with Crippen LogP contribution in [-0.4, -0.2) is 51.3 Å². The van der Waals surface area contributed by atoms with Gasteiger partial charge in [-0.1, -0.05) is 6.07 Å². The van der Waals surface area contributed by atoms with E-state index in [1.165, 1.54) is 0 Å². The molecule has 104 valence electrons. The number of pyridine rings is 1. The molecule has 0 radical (unpaired) electrons. The van der Waals surface area contributed by atoms with Gasteiger partial charge in [0.05, 0.1) is 12.3 Å². The van der Waals surface area contributed by atoms with Crippen molar-refractivity contribution in [1.82, 2.24) is 9.88 Å². The topological polar surface area (TPSA) is 53.4 Å². The van der Waals surface area contributed by atoms with E-state index < -0.39 is 0 Å². The van der Waals surface area contributed by atoms with Crippen molar-refractivity contribution >= 4 is 29.4 Å². The van der Waals surface area contributed by atoms with Gasteiger partial charge in [0.15, 0.2) is 0 Å². The maximum atomic E-state index is 12.1. The smallest absolute Gasteiger partial charge is 0.224 e. The van der Waals surface area contributed by atoms with Gasteiger partial charge in [0.2, 0.25) is 5.91 Å². The lowest BCUT2D eigenvalue weighted by atomic mass is 10.3. The average molecular weight is 298 g/mol. The van der Waals surface area contributed by atoms with Crippen LogP contribution in [-0.2, 0) is 4.79 Å². The van der Waals surface area contributed by atoms with E-state index in [9.17, 15) is 4.79 Å². The second-order valence-electron chi connectivity index (χ2n) is 4.15. The SMILES string of the molecule is O=C1CCSC(c2ccccn2)N1CCSCCO. The molecule has 2 heterocycles. The molecule has 0 aliphatic carbocycles. The van der Waals surface area contributed by atoms with Crippen molar-refractivity contribution < 1.29 is 9.90 Å². The summed E-state index contributed by atoms with van der Waals surface area (Å²) in [5.74, 6) is 2.65. The lowest BCUT2D eigenvalue weighted by Gasteiger charge is -2.34. The Kier molecular flexibility index (Phi) is 6.00. The lowest BCUT2D eigenvalue weighted by Crippen LogP contribution is -2.39. The van der Waals surface area contributed by atoms with Crippen molar-refractivity contribution in [2.75, 3.05) is 30.4 Å². The molecule has 1 aliphatic rings. The third-order valence-corrected chi connectivity index (χ3v) is 5.04. The quantitative estimate of drug-likeness (QED) is 0.811. The molecule has 2 rings (SSSR count). The van der Waals surface area contributed by atoms with E-state index in [0.29, 0.717) is 6.42 Å². The van der Waals surface area contributed by atoms with Crippen LogP contribution in [0.3, 0.4) is 0 Å². The Labute approximate surface area is 122 Å². The van der Waals surface area contributed by atoms with E-state index in [4.69, 9.17) is 5.11 Å². The molecule has 4 nitrogen and oxygen atoms in total. The third-order valence-electron chi connectivity index (χ3n) is 2.85. The van der Waals surface area contributed by atoms with E-state index in [2.05, 4.69) is 4.98 Å². The van der Waals surface area contributed by atoms with Crippen LogP contribution in [0.5, 0.6) is 0 Å². The van der Waals surface area contributed by atoms with Crippen molar-refractivity contribution in [3.63, 3.8) is 0 Å². The normalized spacial score (nSPS) is 19.7. The van der Waals surface area contributed by atoms with Gasteiger partial charge >= 0.3 is 0 Å². The maximum absolute atomic E-state index is 12.1. The highest BCUT2D eigenvalue weighted by Crippen LogP contribution is 2.36. The molecule has 1 fully saturated rings. The molecular formula is C13H18N2O2S2. The zero-order valence-electron chi connectivity index (χ0n) is 10.7. The first kappa shape index (κ1) is 14.7.